The summed E-state index contributed by atoms with van der Waals surface area (Å²) in [6.07, 6.45) is 9.63. The SMILES string of the molecule is CN=C(NCCCC(=O)N1Cc2ccccc2C1)NCCCC1CCCC1. The molecule has 0 bridgehead atoms. The van der Waals surface area contributed by atoms with Gasteiger partial charge in [-0.25, -0.2) is 0 Å². The van der Waals surface area contributed by atoms with Crippen molar-refractivity contribution < 1.29 is 4.79 Å². The molecule has 0 saturated heterocycles. The number of hydrogen-bond donors (Lipinski definition) is 2. The van der Waals surface area contributed by atoms with Gasteiger partial charge in [0.2, 0.25) is 5.91 Å². The quantitative estimate of drug-likeness (QED) is 0.419. The summed E-state index contributed by atoms with van der Waals surface area (Å²) in [6, 6.07) is 8.32. The molecule has 5 nitrogen and oxygen atoms in total. The van der Waals surface area contributed by atoms with Gasteiger partial charge < -0.3 is 15.5 Å². The maximum atomic E-state index is 12.4. The van der Waals surface area contributed by atoms with Crippen molar-refractivity contribution in [1.82, 2.24) is 15.5 Å². The van der Waals surface area contributed by atoms with Gasteiger partial charge in [-0.3, -0.25) is 9.79 Å². The Balaban J connectivity index is 1.26. The minimum absolute atomic E-state index is 0.243. The number of hydrogen-bond acceptors (Lipinski definition) is 2. The van der Waals surface area contributed by atoms with E-state index in [-0.39, 0.29) is 5.91 Å². The van der Waals surface area contributed by atoms with Crippen molar-refractivity contribution in [1.29, 1.82) is 0 Å². The van der Waals surface area contributed by atoms with E-state index in [2.05, 4.69) is 27.8 Å². The lowest BCUT2D eigenvalue weighted by Crippen LogP contribution is -2.38. The maximum Gasteiger partial charge on any atom is 0.223 e. The average Bonchev–Trinajstić information content (AvgIpc) is 3.36. The second-order valence-electron chi connectivity index (χ2n) is 7.84. The molecule has 1 fully saturated rings. The molecule has 0 aromatic heterocycles. The Morgan fingerprint density at radius 1 is 1.07 bits per heavy atom. The van der Waals surface area contributed by atoms with Crippen molar-refractivity contribution >= 4 is 11.9 Å². The van der Waals surface area contributed by atoms with E-state index in [0.29, 0.717) is 6.42 Å². The molecule has 1 saturated carbocycles. The molecule has 1 aromatic rings. The van der Waals surface area contributed by atoms with Crippen molar-refractivity contribution in [3.63, 3.8) is 0 Å². The van der Waals surface area contributed by atoms with Crippen LogP contribution >= 0.6 is 0 Å². The van der Waals surface area contributed by atoms with Gasteiger partial charge in [-0.1, -0.05) is 49.9 Å². The summed E-state index contributed by atoms with van der Waals surface area (Å²) in [5.74, 6) is 2.04. The summed E-state index contributed by atoms with van der Waals surface area (Å²) in [4.78, 5) is 18.7. The summed E-state index contributed by atoms with van der Waals surface area (Å²) in [5.41, 5.74) is 2.57. The van der Waals surface area contributed by atoms with Crippen molar-refractivity contribution in [2.24, 2.45) is 10.9 Å². The van der Waals surface area contributed by atoms with Crippen LogP contribution in [0.15, 0.2) is 29.3 Å². The zero-order valence-electron chi connectivity index (χ0n) is 16.7. The highest BCUT2D eigenvalue weighted by Gasteiger charge is 2.22. The van der Waals surface area contributed by atoms with E-state index in [9.17, 15) is 4.79 Å². The molecule has 1 aliphatic heterocycles. The fourth-order valence-electron chi connectivity index (χ4n) is 4.23. The molecule has 0 unspecified atom stereocenters. The number of aliphatic imine (C=N–C) groups is 1. The lowest BCUT2D eigenvalue weighted by molar-refractivity contribution is -0.131. The van der Waals surface area contributed by atoms with Crippen LogP contribution in [0, 0.1) is 5.92 Å². The van der Waals surface area contributed by atoms with Gasteiger partial charge in [0, 0.05) is 39.6 Å². The molecule has 1 heterocycles. The number of nitrogens with zero attached hydrogens (tertiary/aromatic N) is 2. The zero-order valence-corrected chi connectivity index (χ0v) is 16.7. The highest BCUT2D eigenvalue weighted by Crippen LogP contribution is 2.28. The Hall–Kier alpha value is -2.04. The molecule has 27 heavy (non-hydrogen) atoms. The van der Waals surface area contributed by atoms with Gasteiger partial charge in [-0.2, -0.15) is 0 Å². The van der Waals surface area contributed by atoms with Crippen LogP contribution in [0.25, 0.3) is 0 Å². The van der Waals surface area contributed by atoms with Crippen LogP contribution in [0.3, 0.4) is 0 Å². The molecule has 1 aliphatic carbocycles. The Bertz CT molecular complexity index is 612. The monoisotopic (exact) mass is 370 g/mol. The first-order valence-electron chi connectivity index (χ1n) is 10.6. The van der Waals surface area contributed by atoms with Gasteiger partial charge in [-0.15, -0.1) is 0 Å². The van der Waals surface area contributed by atoms with Gasteiger partial charge in [0.15, 0.2) is 5.96 Å². The lowest BCUT2D eigenvalue weighted by Gasteiger charge is -2.16. The van der Waals surface area contributed by atoms with E-state index in [1.54, 1.807) is 7.05 Å². The standard InChI is InChI=1S/C22H34N4O/c1-23-22(24-14-6-10-18-8-2-3-9-18)25-15-7-13-21(27)26-16-19-11-4-5-12-20(19)17-26/h4-5,11-12,18H,2-3,6-10,13-17H2,1H3,(H2,23,24,25). The number of guanidine groups is 1. The summed E-state index contributed by atoms with van der Waals surface area (Å²) in [7, 11) is 1.80. The highest BCUT2D eigenvalue weighted by atomic mass is 16.2. The van der Waals surface area contributed by atoms with Gasteiger partial charge >= 0.3 is 0 Å². The van der Waals surface area contributed by atoms with E-state index in [0.717, 1.165) is 44.5 Å². The van der Waals surface area contributed by atoms with Crippen LogP contribution in [0.5, 0.6) is 0 Å². The molecule has 0 radical (unpaired) electrons. The zero-order chi connectivity index (χ0) is 18.9. The predicted octanol–water partition coefficient (Wildman–Crippen LogP) is 3.44. The summed E-state index contributed by atoms with van der Waals surface area (Å²) >= 11 is 0. The third kappa shape index (κ3) is 5.98. The van der Waals surface area contributed by atoms with E-state index >= 15 is 0 Å². The van der Waals surface area contributed by atoms with Crippen LogP contribution in [-0.4, -0.2) is 36.9 Å². The molecule has 3 rings (SSSR count). The van der Waals surface area contributed by atoms with Crippen LogP contribution in [0.2, 0.25) is 0 Å². The van der Waals surface area contributed by atoms with Crippen molar-refractivity contribution in [2.75, 3.05) is 20.1 Å². The first-order chi connectivity index (χ1) is 13.3. The van der Waals surface area contributed by atoms with E-state index in [1.165, 1.54) is 49.7 Å². The number of rotatable bonds is 8. The summed E-state index contributed by atoms with van der Waals surface area (Å²) in [6.45, 7) is 3.26. The maximum absolute atomic E-state index is 12.4. The Morgan fingerprint density at radius 2 is 1.70 bits per heavy atom. The van der Waals surface area contributed by atoms with Gasteiger partial charge in [0.05, 0.1) is 0 Å². The molecule has 148 valence electrons. The van der Waals surface area contributed by atoms with Crippen LogP contribution < -0.4 is 10.6 Å². The minimum Gasteiger partial charge on any atom is -0.356 e. The number of carbonyl (C=O) groups excluding carboxylic acids is 1. The average molecular weight is 371 g/mol. The number of amides is 1. The second-order valence-corrected chi connectivity index (χ2v) is 7.84. The minimum atomic E-state index is 0.243. The van der Waals surface area contributed by atoms with Crippen molar-refractivity contribution in [2.45, 2.75) is 64.5 Å². The number of carbonyl (C=O) groups is 1. The number of nitrogens with one attached hydrogen (secondary N) is 2. The van der Waals surface area contributed by atoms with Crippen LogP contribution in [0.1, 0.15) is 62.5 Å². The molecule has 5 heteroatoms. The molecule has 0 atom stereocenters. The van der Waals surface area contributed by atoms with Crippen LogP contribution in [-0.2, 0) is 17.9 Å². The predicted molar refractivity (Wildman–Crippen MR) is 110 cm³/mol. The third-order valence-corrected chi connectivity index (χ3v) is 5.83. The molecular weight excluding hydrogens is 336 g/mol. The first-order valence-corrected chi connectivity index (χ1v) is 10.6. The number of benzene rings is 1. The van der Waals surface area contributed by atoms with E-state index in [1.807, 2.05) is 17.0 Å². The topological polar surface area (TPSA) is 56.7 Å². The normalized spacial score (nSPS) is 17.2. The Kier molecular flexibility index (Phi) is 7.55. The molecular formula is C22H34N4O. The third-order valence-electron chi connectivity index (χ3n) is 5.83. The van der Waals surface area contributed by atoms with Crippen molar-refractivity contribution in [3.8, 4) is 0 Å². The molecule has 0 spiro atoms. The second kappa shape index (κ2) is 10.3. The van der Waals surface area contributed by atoms with Gasteiger partial charge in [0.1, 0.15) is 0 Å². The summed E-state index contributed by atoms with van der Waals surface area (Å²) in [5, 5.41) is 6.72. The smallest absolute Gasteiger partial charge is 0.223 e. The molecule has 1 amide bonds. The fourth-order valence-corrected chi connectivity index (χ4v) is 4.23. The molecule has 2 aliphatic rings. The number of fused-ring (bicyclic) bond motifs is 1. The molecule has 2 N–H and O–H groups in total. The Morgan fingerprint density at radius 3 is 2.33 bits per heavy atom. The molecule has 1 aromatic carbocycles. The largest absolute Gasteiger partial charge is 0.356 e. The highest BCUT2D eigenvalue weighted by molar-refractivity contribution is 5.80. The first kappa shape index (κ1) is 19.7. The Labute approximate surface area is 163 Å². The van der Waals surface area contributed by atoms with Gasteiger partial charge in [0.25, 0.3) is 0 Å². The van der Waals surface area contributed by atoms with Crippen molar-refractivity contribution in [3.05, 3.63) is 35.4 Å². The van der Waals surface area contributed by atoms with Gasteiger partial charge in [-0.05, 0) is 36.3 Å². The van der Waals surface area contributed by atoms with E-state index < -0.39 is 0 Å². The van der Waals surface area contributed by atoms with Crippen LogP contribution in [0.4, 0.5) is 0 Å². The summed E-state index contributed by atoms with van der Waals surface area (Å²) < 4.78 is 0. The fraction of sp³-hybridized carbons (Fsp3) is 0.636. The van der Waals surface area contributed by atoms with E-state index in [4.69, 9.17) is 0 Å². The lowest BCUT2D eigenvalue weighted by atomic mass is 10.0.